The molecule has 0 saturated heterocycles. The van der Waals surface area contributed by atoms with Gasteiger partial charge in [0.1, 0.15) is 0 Å². The Labute approximate surface area is 76.6 Å². The van der Waals surface area contributed by atoms with Gasteiger partial charge in [0.25, 0.3) is 5.19 Å². The van der Waals surface area contributed by atoms with Gasteiger partial charge in [0.2, 0.25) is 0 Å². The van der Waals surface area contributed by atoms with Gasteiger partial charge in [-0.15, -0.1) is 0 Å². The third-order valence-corrected chi connectivity index (χ3v) is 2.57. The van der Waals surface area contributed by atoms with E-state index in [-0.39, 0.29) is 6.04 Å². The second-order valence-electron chi connectivity index (χ2n) is 2.81. The number of aromatic nitrogens is 1. The highest BCUT2D eigenvalue weighted by molar-refractivity contribution is 7.13. The van der Waals surface area contributed by atoms with Crippen molar-refractivity contribution >= 4 is 11.3 Å². The molecule has 1 atom stereocenters. The molecule has 0 amide bonds. The van der Waals surface area contributed by atoms with Crippen molar-refractivity contribution in [3.05, 3.63) is 11.1 Å². The lowest BCUT2D eigenvalue weighted by molar-refractivity contribution is 0.412. The van der Waals surface area contributed by atoms with Crippen LogP contribution >= 0.6 is 11.3 Å². The van der Waals surface area contributed by atoms with E-state index in [1.807, 2.05) is 13.1 Å². The van der Waals surface area contributed by atoms with E-state index < -0.39 is 0 Å². The number of nitrogens with two attached hydrogens (primary N) is 1. The summed E-state index contributed by atoms with van der Waals surface area (Å²) in [4.78, 5) is 5.31. The summed E-state index contributed by atoms with van der Waals surface area (Å²) in [5.41, 5.74) is 5.63. The lowest BCUT2D eigenvalue weighted by Crippen LogP contribution is -2.14. The van der Waals surface area contributed by atoms with Gasteiger partial charge in [-0.3, -0.25) is 0 Å². The average Bonchev–Trinajstić information content (AvgIpc) is 2.48. The van der Waals surface area contributed by atoms with Crippen molar-refractivity contribution in [1.82, 2.24) is 4.98 Å². The molecule has 1 aromatic heterocycles. The van der Waals surface area contributed by atoms with Gasteiger partial charge < -0.3 is 10.5 Å². The van der Waals surface area contributed by atoms with Crippen LogP contribution in [0.2, 0.25) is 0 Å². The number of thiazole rings is 1. The predicted octanol–water partition coefficient (Wildman–Crippen LogP) is 1.43. The van der Waals surface area contributed by atoms with E-state index in [0.29, 0.717) is 0 Å². The first-order valence-electron chi connectivity index (χ1n) is 3.96. The molecule has 68 valence electrons. The minimum atomic E-state index is 0.262. The van der Waals surface area contributed by atoms with Crippen LogP contribution < -0.4 is 10.5 Å². The molecule has 4 heteroatoms. The number of hydrogen-bond donors (Lipinski definition) is 1. The number of aryl methyl sites for hydroxylation is 1. The molecule has 12 heavy (non-hydrogen) atoms. The fourth-order valence-electron chi connectivity index (χ4n) is 0.869. The van der Waals surface area contributed by atoms with Crippen LogP contribution in [0.5, 0.6) is 5.19 Å². The molecular weight excluding hydrogens is 172 g/mol. The Bertz CT molecular complexity index is 235. The lowest BCUT2D eigenvalue weighted by atomic mass is 10.2. The van der Waals surface area contributed by atoms with Crippen LogP contribution in [0.25, 0.3) is 0 Å². The molecule has 1 rings (SSSR count). The summed E-state index contributed by atoms with van der Waals surface area (Å²) >= 11 is 1.59. The van der Waals surface area contributed by atoms with Crippen molar-refractivity contribution in [3.8, 4) is 5.19 Å². The summed E-state index contributed by atoms with van der Waals surface area (Å²) in [6.45, 7) is 2.01. The second kappa shape index (κ2) is 4.42. The maximum absolute atomic E-state index is 5.63. The third kappa shape index (κ3) is 2.79. The van der Waals surface area contributed by atoms with Crippen LogP contribution in [-0.2, 0) is 6.42 Å². The van der Waals surface area contributed by atoms with Crippen molar-refractivity contribution in [2.75, 3.05) is 7.11 Å². The molecule has 1 aromatic rings. The summed E-state index contributed by atoms with van der Waals surface area (Å²) in [7, 11) is 1.63. The first kappa shape index (κ1) is 9.48. The normalized spacial score (nSPS) is 12.9. The van der Waals surface area contributed by atoms with E-state index >= 15 is 0 Å². The molecular formula is C8H14N2OS. The number of nitrogens with zero attached hydrogens (tertiary/aromatic N) is 1. The van der Waals surface area contributed by atoms with E-state index in [1.165, 1.54) is 4.88 Å². The minimum absolute atomic E-state index is 0.262. The zero-order chi connectivity index (χ0) is 8.97. The summed E-state index contributed by atoms with van der Waals surface area (Å²) in [5, 5.41) is 0.731. The monoisotopic (exact) mass is 186 g/mol. The maximum atomic E-state index is 5.63. The predicted molar refractivity (Wildman–Crippen MR) is 50.6 cm³/mol. The molecule has 0 aliphatic carbocycles. The Morgan fingerprint density at radius 1 is 1.75 bits per heavy atom. The van der Waals surface area contributed by atoms with Gasteiger partial charge in [-0.2, -0.15) is 0 Å². The van der Waals surface area contributed by atoms with Gasteiger partial charge in [0, 0.05) is 17.1 Å². The Hall–Kier alpha value is -0.610. The molecule has 0 aromatic carbocycles. The third-order valence-electron chi connectivity index (χ3n) is 1.55. The van der Waals surface area contributed by atoms with E-state index in [2.05, 4.69) is 4.98 Å². The molecule has 1 unspecified atom stereocenters. The molecule has 0 aliphatic heterocycles. The number of methoxy groups -OCH3 is 1. The zero-order valence-corrected chi connectivity index (χ0v) is 8.23. The SMILES string of the molecule is COc1ncc(CCC(C)N)s1. The Morgan fingerprint density at radius 3 is 3.00 bits per heavy atom. The van der Waals surface area contributed by atoms with Crippen LogP contribution in [0.3, 0.4) is 0 Å². The zero-order valence-electron chi connectivity index (χ0n) is 7.41. The fourth-order valence-corrected chi connectivity index (χ4v) is 1.61. The number of rotatable bonds is 4. The van der Waals surface area contributed by atoms with Crippen LogP contribution in [-0.4, -0.2) is 18.1 Å². The van der Waals surface area contributed by atoms with E-state index in [4.69, 9.17) is 10.5 Å². The van der Waals surface area contributed by atoms with Crippen molar-refractivity contribution in [2.45, 2.75) is 25.8 Å². The molecule has 0 radical (unpaired) electrons. The largest absolute Gasteiger partial charge is 0.473 e. The topological polar surface area (TPSA) is 48.1 Å². The summed E-state index contributed by atoms with van der Waals surface area (Å²) in [6.07, 6.45) is 3.86. The number of hydrogen-bond acceptors (Lipinski definition) is 4. The van der Waals surface area contributed by atoms with Gasteiger partial charge >= 0.3 is 0 Å². The number of ether oxygens (including phenoxy) is 1. The second-order valence-corrected chi connectivity index (χ2v) is 3.89. The van der Waals surface area contributed by atoms with Crippen molar-refractivity contribution in [1.29, 1.82) is 0 Å². The summed E-state index contributed by atoms with van der Waals surface area (Å²) in [5.74, 6) is 0. The lowest BCUT2D eigenvalue weighted by Gasteiger charge is -2.00. The van der Waals surface area contributed by atoms with Gasteiger partial charge in [-0.1, -0.05) is 11.3 Å². The van der Waals surface area contributed by atoms with E-state index in [0.717, 1.165) is 18.0 Å². The van der Waals surface area contributed by atoms with Crippen LogP contribution in [0.15, 0.2) is 6.20 Å². The van der Waals surface area contributed by atoms with Gasteiger partial charge in [0.15, 0.2) is 0 Å². The Balaban J connectivity index is 2.41. The molecule has 0 aliphatic rings. The maximum Gasteiger partial charge on any atom is 0.273 e. The molecule has 2 N–H and O–H groups in total. The standard InChI is InChI=1S/C8H14N2OS/c1-6(9)3-4-7-5-10-8(11-2)12-7/h5-6H,3-4,9H2,1-2H3. The highest BCUT2D eigenvalue weighted by Gasteiger charge is 2.02. The molecule has 0 bridgehead atoms. The molecule has 3 nitrogen and oxygen atoms in total. The average molecular weight is 186 g/mol. The molecule has 1 heterocycles. The van der Waals surface area contributed by atoms with Gasteiger partial charge in [0.05, 0.1) is 7.11 Å². The van der Waals surface area contributed by atoms with Crippen LogP contribution in [0.1, 0.15) is 18.2 Å². The van der Waals surface area contributed by atoms with Gasteiger partial charge in [-0.25, -0.2) is 4.98 Å². The summed E-state index contributed by atoms with van der Waals surface area (Å²) in [6, 6.07) is 0.262. The Morgan fingerprint density at radius 2 is 2.50 bits per heavy atom. The van der Waals surface area contributed by atoms with E-state index in [9.17, 15) is 0 Å². The van der Waals surface area contributed by atoms with Crippen LogP contribution in [0.4, 0.5) is 0 Å². The first-order valence-corrected chi connectivity index (χ1v) is 4.78. The van der Waals surface area contributed by atoms with E-state index in [1.54, 1.807) is 18.4 Å². The van der Waals surface area contributed by atoms with Crippen molar-refractivity contribution in [2.24, 2.45) is 5.73 Å². The minimum Gasteiger partial charge on any atom is -0.473 e. The first-order chi connectivity index (χ1) is 5.72. The smallest absolute Gasteiger partial charge is 0.273 e. The summed E-state index contributed by atoms with van der Waals surface area (Å²) < 4.78 is 4.98. The highest BCUT2D eigenvalue weighted by atomic mass is 32.1. The van der Waals surface area contributed by atoms with Gasteiger partial charge in [-0.05, 0) is 19.8 Å². The molecule has 0 fully saturated rings. The quantitative estimate of drug-likeness (QED) is 0.774. The Kier molecular flexibility index (Phi) is 3.49. The fraction of sp³-hybridized carbons (Fsp3) is 0.625. The van der Waals surface area contributed by atoms with Crippen molar-refractivity contribution in [3.63, 3.8) is 0 Å². The molecule has 0 spiro atoms. The van der Waals surface area contributed by atoms with Crippen molar-refractivity contribution < 1.29 is 4.74 Å². The molecule has 0 saturated carbocycles. The highest BCUT2D eigenvalue weighted by Crippen LogP contribution is 2.21. The van der Waals surface area contributed by atoms with Crippen LogP contribution in [0, 0.1) is 0 Å².